The maximum Gasteiger partial charge on any atom is 0.435 e. The maximum atomic E-state index is 12.5. The van der Waals surface area contributed by atoms with Crippen LogP contribution in [-0.2, 0) is 12.8 Å². The second-order valence-corrected chi connectivity index (χ2v) is 2.99. The van der Waals surface area contributed by atoms with E-state index in [4.69, 9.17) is 5.11 Å². The largest absolute Gasteiger partial charge is 0.435 e. The summed E-state index contributed by atoms with van der Waals surface area (Å²) in [6, 6.07) is 4.62. The number of hydrogen-bond donors (Lipinski definition) is 1. The van der Waals surface area contributed by atoms with Crippen molar-refractivity contribution in [3.05, 3.63) is 35.8 Å². The number of aromatic nitrogens is 2. The molecule has 0 spiro atoms. The summed E-state index contributed by atoms with van der Waals surface area (Å²) in [7, 11) is 0. The van der Waals surface area contributed by atoms with Crippen LogP contribution in [0.1, 0.15) is 11.4 Å². The monoisotopic (exact) mass is 216 g/mol. The van der Waals surface area contributed by atoms with Gasteiger partial charge < -0.3 is 9.51 Å². The predicted octanol–water partition coefficient (Wildman–Crippen LogP) is 1.85. The summed E-state index contributed by atoms with van der Waals surface area (Å²) in [5.41, 5.74) is -1.09. The van der Waals surface area contributed by atoms with Crippen molar-refractivity contribution in [2.45, 2.75) is 12.8 Å². The number of hydrogen-bond acceptors (Lipinski definition) is 2. The Labute approximate surface area is 82.8 Å². The van der Waals surface area contributed by atoms with E-state index < -0.39 is 18.5 Å². The van der Waals surface area contributed by atoms with E-state index in [-0.39, 0.29) is 11.3 Å². The number of halogens is 3. The first kappa shape index (κ1) is 9.97. The fourth-order valence-corrected chi connectivity index (χ4v) is 1.42. The summed E-state index contributed by atoms with van der Waals surface area (Å²) in [5, 5.41) is 8.91. The average Bonchev–Trinajstić information content (AvgIpc) is 2.55. The van der Waals surface area contributed by atoms with E-state index >= 15 is 0 Å². The van der Waals surface area contributed by atoms with Gasteiger partial charge in [-0.25, -0.2) is 4.98 Å². The van der Waals surface area contributed by atoms with Gasteiger partial charge >= 0.3 is 6.18 Å². The lowest BCUT2D eigenvalue weighted by Crippen LogP contribution is -2.09. The van der Waals surface area contributed by atoms with Crippen molar-refractivity contribution < 1.29 is 18.3 Å². The molecule has 2 heterocycles. The highest BCUT2D eigenvalue weighted by molar-refractivity contribution is 5.43. The third-order valence-corrected chi connectivity index (χ3v) is 2.05. The summed E-state index contributed by atoms with van der Waals surface area (Å²) in [5.74, 6) is 0. The van der Waals surface area contributed by atoms with E-state index in [1.165, 1.54) is 16.7 Å². The van der Waals surface area contributed by atoms with E-state index in [1.807, 2.05) is 0 Å². The Morgan fingerprint density at radius 2 is 2.07 bits per heavy atom. The molecule has 0 saturated heterocycles. The Hall–Kier alpha value is -1.56. The van der Waals surface area contributed by atoms with Gasteiger partial charge in [-0.3, -0.25) is 0 Å². The second-order valence-electron chi connectivity index (χ2n) is 2.99. The molecule has 0 atom stereocenters. The Bertz CT molecular complexity index is 490. The fourth-order valence-electron chi connectivity index (χ4n) is 1.42. The second kappa shape index (κ2) is 3.23. The lowest BCUT2D eigenvalue weighted by atomic mass is 10.3. The normalized spacial score (nSPS) is 12.3. The van der Waals surface area contributed by atoms with Gasteiger partial charge in [0.15, 0.2) is 5.69 Å². The first-order chi connectivity index (χ1) is 7.04. The van der Waals surface area contributed by atoms with Crippen LogP contribution in [0.15, 0.2) is 24.4 Å². The van der Waals surface area contributed by atoms with Crippen LogP contribution in [0.5, 0.6) is 0 Å². The number of alkyl halides is 3. The van der Waals surface area contributed by atoms with Crippen molar-refractivity contribution in [2.24, 2.45) is 0 Å². The highest BCUT2D eigenvalue weighted by Gasteiger charge is 2.37. The van der Waals surface area contributed by atoms with E-state index in [0.29, 0.717) is 0 Å². The molecule has 1 N–H and O–H groups in total. The zero-order valence-electron chi connectivity index (χ0n) is 7.49. The highest BCUT2D eigenvalue weighted by Crippen LogP contribution is 2.31. The van der Waals surface area contributed by atoms with Crippen molar-refractivity contribution in [1.82, 2.24) is 9.38 Å². The molecule has 2 aromatic heterocycles. The zero-order chi connectivity index (χ0) is 11.1. The molecule has 0 radical (unpaired) electrons. The van der Waals surface area contributed by atoms with Crippen LogP contribution in [0.25, 0.3) is 5.65 Å². The Morgan fingerprint density at radius 3 is 2.67 bits per heavy atom. The minimum Gasteiger partial charge on any atom is -0.390 e. The van der Waals surface area contributed by atoms with Gasteiger partial charge in [-0.05, 0) is 12.1 Å². The minimum atomic E-state index is -4.54. The van der Waals surface area contributed by atoms with E-state index in [1.54, 1.807) is 12.1 Å². The van der Waals surface area contributed by atoms with E-state index in [2.05, 4.69) is 4.98 Å². The number of rotatable bonds is 1. The van der Waals surface area contributed by atoms with Gasteiger partial charge in [-0.1, -0.05) is 6.07 Å². The third-order valence-electron chi connectivity index (χ3n) is 2.05. The molecule has 0 amide bonds. The summed E-state index contributed by atoms with van der Waals surface area (Å²) in [4.78, 5) is 3.43. The van der Waals surface area contributed by atoms with Crippen LogP contribution >= 0.6 is 0 Å². The van der Waals surface area contributed by atoms with Crippen LogP contribution in [0.3, 0.4) is 0 Å². The van der Waals surface area contributed by atoms with E-state index in [0.717, 1.165) is 0 Å². The van der Waals surface area contributed by atoms with Crippen LogP contribution < -0.4 is 0 Å². The summed E-state index contributed by atoms with van der Waals surface area (Å²) >= 11 is 0. The first-order valence-corrected chi connectivity index (χ1v) is 4.18. The molecule has 0 saturated carbocycles. The standard InChI is InChI=1S/C9H7F3N2O/c10-9(11,12)8-6(5-15)14-4-2-1-3-7(14)13-8/h1-4,15H,5H2. The highest BCUT2D eigenvalue weighted by atomic mass is 19.4. The number of fused-ring (bicyclic) bond motifs is 1. The van der Waals surface area contributed by atoms with Crippen molar-refractivity contribution in [2.75, 3.05) is 0 Å². The number of aliphatic hydroxyl groups is 1. The molecular formula is C9H7F3N2O. The molecule has 3 nitrogen and oxygen atoms in total. The van der Waals surface area contributed by atoms with Crippen LogP contribution in [-0.4, -0.2) is 14.5 Å². The van der Waals surface area contributed by atoms with E-state index in [9.17, 15) is 13.2 Å². The van der Waals surface area contributed by atoms with Gasteiger partial charge in [0.2, 0.25) is 0 Å². The Morgan fingerprint density at radius 1 is 1.33 bits per heavy atom. The van der Waals surface area contributed by atoms with Crippen molar-refractivity contribution in [1.29, 1.82) is 0 Å². The summed E-state index contributed by atoms with van der Waals surface area (Å²) in [6.45, 7) is -0.694. The molecule has 0 aliphatic rings. The third kappa shape index (κ3) is 1.56. The van der Waals surface area contributed by atoms with Gasteiger partial charge in [0.25, 0.3) is 0 Å². The molecular weight excluding hydrogens is 209 g/mol. The average molecular weight is 216 g/mol. The van der Waals surface area contributed by atoms with Gasteiger partial charge in [0.05, 0.1) is 12.3 Å². The lowest BCUT2D eigenvalue weighted by Gasteiger charge is -2.04. The quantitative estimate of drug-likeness (QED) is 0.789. The molecule has 0 unspecified atom stereocenters. The predicted molar refractivity (Wildman–Crippen MR) is 46.1 cm³/mol. The zero-order valence-corrected chi connectivity index (χ0v) is 7.49. The summed E-state index contributed by atoms with van der Waals surface area (Å²) in [6.07, 6.45) is -3.10. The van der Waals surface area contributed by atoms with Crippen molar-refractivity contribution in [3.63, 3.8) is 0 Å². The fraction of sp³-hybridized carbons (Fsp3) is 0.222. The SMILES string of the molecule is OCc1c(C(F)(F)F)nc2ccccn12. The van der Waals surface area contributed by atoms with Gasteiger partial charge in [-0.2, -0.15) is 13.2 Å². The van der Waals surface area contributed by atoms with Gasteiger partial charge in [0, 0.05) is 6.20 Å². The molecule has 0 aromatic carbocycles. The van der Waals surface area contributed by atoms with Gasteiger partial charge in [0.1, 0.15) is 5.65 Å². The number of aliphatic hydroxyl groups excluding tert-OH is 1. The molecule has 0 aliphatic carbocycles. The summed E-state index contributed by atoms with van der Waals surface area (Å²) < 4.78 is 38.7. The molecule has 0 aliphatic heterocycles. The minimum absolute atomic E-state index is 0.175. The molecule has 2 rings (SSSR count). The van der Waals surface area contributed by atoms with Crippen molar-refractivity contribution in [3.8, 4) is 0 Å². The van der Waals surface area contributed by atoms with Gasteiger partial charge in [-0.15, -0.1) is 0 Å². The Balaban J connectivity index is 2.75. The molecule has 6 heteroatoms. The maximum absolute atomic E-state index is 12.5. The Kier molecular flexibility index (Phi) is 2.15. The van der Waals surface area contributed by atoms with Crippen LogP contribution in [0.4, 0.5) is 13.2 Å². The molecule has 2 aromatic rings. The first-order valence-electron chi connectivity index (χ1n) is 4.18. The van der Waals surface area contributed by atoms with Crippen LogP contribution in [0, 0.1) is 0 Å². The molecule has 0 bridgehead atoms. The number of pyridine rings is 1. The molecule has 15 heavy (non-hydrogen) atoms. The topological polar surface area (TPSA) is 37.5 Å². The smallest absolute Gasteiger partial charge is 0.390 e. The number of nitrogens with zero attached hydrogens (tertiary/aromatic N) is 2. The molecule has 0 fully saturated rings. The molecule has 80 valence electrons. The van der Waals surface area contributed by atoms with Crippen molar-refractivity contribution >= 4 is 5.65 Å². The lowest BCUT2D eigenvalue weighted by molar-refractivity contribution is -0.142. The number of imidazole rings is 1. The van der Waals surface area contributed by atoms with Crippen LogP contribution in [0.2, 0.25) is 0 Å².